The van der Waals surface area contributed by atoms with Crippen molar-refractivity contribution in [3.8, 4) is 11.6 Å². The third-order valence-electron chi connectivity index (χ3n) is 3.13. The molecule has 0 unspecified atom stereocenters. The highest BCUT2D eigenvalue weighted by Gasteiger charge is 2.38. The van der Waals surface area contributed by atoms with Gasteiger partial charge in [-0.15, -0.1) is 0 Å². The number of alkyl halides is 2. The minimum atomic E-state index is -4.38. The van der Waals surface area contributed by atoms with Crippen LogP contribution in [0.25, 0.3) is 10.9 Å². The fraction of sp³-hybridized carbons (Fsp3) is 0.167. The molecule has 1 aromatic carbocycles. The van der Waals surface area contributed by atoms with Crippen molar-refractivity contribution in [1.29, 1.82) is 0 Å². The first kappa shape index (κ1) is 16.1. The fourth-order valence-corrected chi connectivity index (χ4v) is 3.39. The number of nitrogens with one attached hydrogen (secondary N) is 1. The number of carbonyl (C=O) groups excluding carboxylic acids is 1. The van der Waals surface area contributed by atoms with Crippen LogP contribution in [0.2, 0.25) is 0 Å². The molecule has 1 amide bonds. The van der Waals surface area contributed by atoms with Gasteiger partial charge in [0, 0.05) is 11.5 Å². The first-order chi connectivity index (χ1) is 11.2. The maximum Gasteiger partial charge on any atom is 0.388 e. The molecule has 0 radical (unpaired) electrons. The van der Waals surface area contributed by atoms with Gasteiger partial charge in [-0.25, -0.2) is 18.4 Å². The van der Waals surface area contributed by atoms with Crippen molar-refractivity contribution in [1.82, 2.24) is 9.71 Å². The number of hydrogen-bond acceptors (Lipinski definition) is 6. The molecule has 0 atom stereocenters. The molecule has 128 valence electrons. The van der Waals surface area contributed by atoms with Gasteiger partial charge >= 0.3 is 16.8 Å². The molecular formula is C12H8F3N3O5S. The first-order valence-corrected chi connectivity index (χ1v) is 7.73. The summed E-state index contributed by atoms with van der Waals surface area (Å²) in [6, 6.07) is 3.18. The molecule has 1 aromatic heterocycles. The number of amides is 1. The zero-order chi connectivity index (χ0) is 17.6. The van der Waals surface area contributed by atoms with E-state index in [2.05, 4.69) is 9.72 Å². The summed E-state index contributed by atoms with van der Waals surface area (Å²) < 4.78 is 68.7. The van der Waals surface area contributed by atoms with Crippen molar-refractivity contribution >= 4 is 32.7 Å². The zero-order valence-corrected chi connectivity index (χ0v) is 12.3. The summed E-state index contributed by atoms with van der Waals surface area (Å²) in [4.78, 5) is 14.8. The number of carbonyl (C=O) groups is 1. The summed E-state index contributed by atoms with van der Waals surface area (Å²) in [6.07, 6.45) is 0. The number of rotatable bonds is 3. The van der Waals surface area contributed by atoms with E-state index in [1.807, 2.05) is 0 Å². The van der Waals surface area contributed by atoms with Crippen LogP contribution in [-0.4, -0.2) is 37.6 Å². The smallest absolute Gasteiger partial charge is 0.388 e. The largest absolute Gasteiger partial charge is 0.506 e. The summed E-state index contributed by atoms with van der Waals surface area (Å²) in [6.45, 7) is -3.93. The van der Waals surface area contributed by atoms with Gasteiger partial charge in [0.05, 0.1) is 0 Å². The zero-order valence-electron chi connectivity index (χ0n) is 11.5. The second-order valence-corrected chi connectivity index (χ2v) is 6.29. The number of phenolic OH excluding ortho intramolecular Hbond substituents is 1. The highest BCUT2D eigenvalue weighted by atomic mass is 32.2. The van der Waals surface area contributed by atoms with Gasteiger partial charge < -0.3 is 9.84 Å². The molecule has 1 fully saturated rings. The Morgan fingerprint density at radius 3 is 2.67 bits per heavy atom. The summed E-state index contributed by atoms with van der Waals surface area (Å²) in [7, 11) is -4.38. The summed E-state index contributed by atoms with van der Waals surface area (Å²) in [5, 5.41) is 9.94. The van der Waals surface area contributed by atoms with Gasteiger partial charge in [0.2, 0.25) is 5.88 Å². The summed E-state index contributed by atoms with van der Waals surface area (Å²) in [5.74, 6) is -3.57. The number of aromatic nitrogens is 1. The van der Waals surface area contributed by atoms with Gasteiger partial charge in [-0.3, -0.25) is 4.79 Å². The number of ether oxygens (including phenoxy) is 1. The quantitative estimate of drug-likeness (QED) is 0.837. The number of fused-ring (bicyclic) bond motifs is 1. The number of pyridine rings is 1. The van der Waals surface area contributed by atoms with Crippen LogP contribution >= 0.6 is 0 Å². The van der Waals surface area contributed by atoms with Gasteiger partial charge in [-0.05, 0) is 12.1 Å². The lowest BCUT2D eigenvalue weighted by molar-refractivity contribution is -0.117. The average molecular weight is 363 g/mol. The molecule has 2 heterocycles. The molecule has 1 saturated heterocycles. The molecule has 0 bridgehead atoms. The SMILES string of the molecule is O=C1CN(c2c(O)cc3ccc(OC(F)F)nc3c2F)S(=O)(=O)N1. The van der Waals surface area contributed by atoms with Crippen molar-refractivity contribution in [2.75, 3.05) is 10.8 Å². The fourth-order valence-electron chi connectivity index (χ4n) is 2.22. The normalized spacial score (nSPS) is 16.7. The van der Waals surface area contributed by atoms with Crippen molar-refractivity contribution in [3.63, 3.8) is 0 Å². The van der Waals surface area contributed by atoms with Gasteiger partial charge in [-0.2, -0.15) is 17.2 Å². The topological polar surface area (TPSA) is 109 Å². The summed E-state index contributed by atoms with van der Waals surface area (Å²) in [5.41, 5.74) is -1.32. The van der Waals surface area contributed by atoms with Crippen LogP contribution in [-0.2, 0) is 15.0 Å². The number of benzene rings is 1. The third-order valence-corrected chi connectivity index (χ3v) is 4.51. The molecule has 0 saturated carbocycles. The molecule has 1 aliphatic rings. The van der Waals surface area contributed by atoms with Crippen LogP contribution in [0.3, 0.4) is 0 Å². The lowest BCUT2D eigenvalue weighted by Gasteiger charge is -2.18. The molecule has 0 aliphatic carbocycles. The maximum atomic E-state index is 14.7. The van der Waals surface area contributed by atoms with E-state index < -0.39 is 57.9 Å². The maximum absolute atomic E-state index is 14.7. The van der Waals surface area contributed by atoms with Crippen LogP contribution in [0.4, 0.5) is 18.9 Å². The average Bonchev–Trinajstić information content (AvgIpc) is 2.72. The third kappa shape index (κ3) is 2.64. The van der Waals surface area contributed by atoms with Crippen molar-refractivity contribution in [2.45, 2.75) is 6.61 Å². The van der Waals surface area contributed by atoms with Crippen LogP contribution < -0.4 is 13.8 Å². The first-order valence-electron chi connectivity index (χ1n) is 6.29. The molecule has 24 heavy (non-hydrogen) atoms. The second-order valence-electron chi connectivity index (χ2n) is 4.69. The molecule has 1 aliphatic heterocycles. The Labute approximate surface area is 132 Å². The minimum Gasteiger partial charge on any atom is -0.506 e. The number of anilines is 1. The lowest BCUT2D eigenvalue weighted by atomic mass is 10.1. The Bertz CT molecular complexity index is 951. The molecule has 2 N–H and O–H groups in total. The van der Waals surface area contributed by atoms with E-state index in [9.17, 15) is 31.5 Å². The van der Waals surface area contributed by atoms with Gasteiger partial charge in [0.15, 0.2) is 5.82 Å². The lowest BCUT2D eigenvalue weighted by Crippen LogP contribution is -2.30. The Balaban J connectivity index is 2.20. The Hall–Kier alpha value is -2.76. The summed E-state index contributed by atoms with van der Waals surface area (Å²) >= 11 is 0. The van der Waals surface area contributed by atoms with E-state index in [-0.39, 0.29) is 5.39 Å². The standard InChI is InChI=1S/C12H8F3N3O5S/c13-9-10-5(1-2-8(16-10)23-12(14)15)3-6(19)11(9)18-4-7(20)17-24(18,21)22/h1-3,12,19H,4H2,(H,17,20). The van der Waals surface area contributed by atoms with Gasteiger partial charge in [-0.1, -0.05) is 0 Å². The number of nitrogens with zero attached hydrogens (tertiary/aromatic N) is 2. The number of hydrogen-bond donors (Lipinski definition) is 2. The Kier molecular flexibility index (Phi) is 3.63. The van der Waals surface area contributed by atoms with Crippen LogP contribution in [0, 0.1) is 5.82 Å². The van der Waals surface area contributed by atoms with Crippen LogP contribution in [0.1, 0.15) is 0 Å². The number of phenols is 1. The van der Waals surface area contributed by atoms with E-state index in [1.54, 1.807) is 4.72 Å². The number of halogens is 3. The van der Waals surface area contributed by atoms with Gasteiger partial charge in [0.25, 0.3) is 5.91 Å². The van der Waals surface area contributed by atoms with E-state index >= 15 is 0 Å². The van der Waals surface area contributed by atoms with Crippen LogP contribution in [0.5, 0.6) is 11.6 Å². The highest BCUT2D eigenvalue weighted by Crippen LogP contribution is 2.38. The predicted octanol–water partition coefficient (Wildman–Crippen LogP) is 0.862. The molecule has 8 nitrogen and oxygen atoms in total. The van der Waals surface area contributed by atoms with Crippen molar-refractivity contribution < 1.29 is 36.2 Å². The predicted molar refractivity (Wildman–Crippen MR) is 74.4 cm³/mol. The monoisotopic (exact) mass is 363 g/mol. The van der Waals surface area contributed by atoms with Crippen LogP contribution in [0.15, 0.2) is 18.2 Å². The van der Waals surface area contributed by atoms with E-state index in [0.717, 1.165) is 18.2 Å². The minimum absolute atomic E-state index is 0.0197. The molecule has 0 spiro atoms. The molecular weight excluding hydrogens is 355 g/mol. The van der Waals surface area contributed by atoms with Gasteiger partial charge in [0.1, 0.15) is 23.5 Å². The van der Waals surface area contributed by atoms with Crippen molar-refractivity contribution in [3.05, 3.63) is 24.0 Å². The molecule has 12 heteroatoms. The molecule has 2 aromatic rings. The Morgan fingerprint density at radius 1 is 1.38 bits per heavy atom. The van der Waals surface area contributed by atoms with E-state index in [1.165, 1.54) is 0 Å². The Morgan fingerprint density at radius 2 is 2.08 bits per heavy atom. The number of aromatic hydroxyl groups is 1. The van der Waals surface area contributed by atoms with E-state index in [0.29, 0.717) is 4.31 Å². The molecule has 3 rings (SSSR count). The highest BCUT2D eigenvalue weighted by molar-refractivity contribution is 7.92. The van der Waals surface area contributed by atoms with Crippen molar-refractivity contribution in [2.24, 2.45) is 0 Å². The van der Waals surface area contributed by atoms with E-state index in [4.69, 9.17) is 0 Å². The second kappa shape index (κ2) is 5.40.